The number of esters is 1. The number of nitrogens with zero attached hydrogens (tertiary/aromatic N) is 2. The number of aliphatic hydroxyl groups is 2. The summed E-state index contributed by atoms with van der Waals surface area (Å²) in [6, 6.07) is 1.28. The molecule has 6 rings (SSSR count). The van der Waals surface area contributed by atoms with E-state index in [0.29, 0.717) is 15.9 Å². The zero-order chi connectivity index (χ0) is 35.3. The molecule has 1 aromatic heterocycles. The Labute approximate surface area is 289 Å². The van der Waals surface area contributed by atoms with Gasteiger partial charge in [-0.3, -0.25) is 9.36 Å². The molecule has 0 aromatic carbocycles. The van der Waals surface area contributed by atoms with Crippen molar-refractivity contribution in [2.45, 2.75) is 136 Å². The lowest BCUT2D eigenvalue weighted by Gasteiger charge is -2.58. The maximum absolute atomic E-state index is 14.5. The third kappa shape index (κ3) is 6.73. The van der Waals surface area contributed by atoms with Crippen molar-refractivity contribution in [3.8, 4) is 0 Å². The number of anilines is 1. The lowest BCUT2D eigenvalue weighted by Crippen LogP contribution is -2.51. The Morgan fingerprint density at radius 2 is 1.92 bits per heavy atom. The first kappa shape index (κ1) is 36.4. The summed E-state index contributed by atoms with van der Waals surface area (Å²) in [6.45, 7) is 11.2. The Morgan fingerprint density at radius 1 is 1.14 bits per heavy atom. The van der Waals surface area contributed by atoms with Gasteiger partial charge in [-0.1, -0.05) is 65.5 Å². The molecule has 11 atom stereocenters. The number of rotatable bonds is 11. The van der Waals surface area contributed by atoms with E-state index in [1.54, 1.807) is 0 Å². The topological polar surface area (TPSA) is 123 Å². The lowest BCUT2D eigenvalue weighted by atomic mass is 9.47. The van der Waals surface area contributed by atoms with Crippen LogP contribution in [0.25, 0.3) is 0 Å². The summed E-state index contributed by atoms with van der Waals surface area (Å²) in [5, 5.41) is 21.7. The standard InChI is InChI=1S/C38H57F2N3O6/c1-22(2)7-6-8-23(3)27-11-12-28-26-10-9-24-19-25(13-16-36(24,4)29(26)14-17-37(27,28)5)48-32(45)20-41-31-15-18-43(35(47)42-31)34-38(39,40)33(46)30(21-44)49-34/h9,15,18,22-23,25-30,33-34,44,46H,6-8,10-14,16-17,19-21H2,1-5H3,(H,41,42,47)/t23?,25?,26?,27?,28?,29?,30-,33-,34-,36?,37?/m1/s1. The summed E-state index contributed by atoms with van der Waals surface area (Å²) in [6.07, 6.45) is 10.5. The van der Waals surface area contributed by atoms with Gasteiger partial charge in [-0.15, -0.1) is 0 Å². The number of carbonyl (C=O) groups excluding carboxylic acids is 1. The van der Waals surface area contributed by atoms with Gasteiger partial charge in [0.1, 0.15) is 24.6 Å². The van der Waals surface area contributed by atoms with Crippen LogP contribution in [0.3, 0.4) is 0 Å². The van der Waals surface area contributed by atoms with Crippen molar-refractivity contribution in [1.82, 2.24) is 9.55 Å². The molecule has 3 N–H and O–H groups in total. The highest BCUT2D eigenvalue weighted by atomic mass is 19.3. The van der Waals surface area contributed by atoms with Crippen molar-refractivity contribution in [3.05, 3.63) is 34.4 Å². The van der Waals surface area contributed by atoms with E-state index in [-0.39, 0.29) is 23.9 Å². The summed E-state index contributed by atoms with van der Waals surface area (Å²) in [5.41, 5.74) is 0.986. The maximum atomic E-state index is 14.5. The SMILES string of the molecule is CC(C)CCCC(C)C1CCC2C3CC=C4CC(OC(=O)CNc5ccn([C@@H]6O[C@H](CO)[C@@H](O)C6(F)F)c(=O)n5)CCC4(C)C3CCC12C. The second-order valence-electron chi connectivity index (χ2n) is 16.8. The molecule has 0 spiro atoms. The van der Waals surface area contributed by atoms with E-state index in [2.05, 4.69) is 51.0 Å². The number of halogens is 2. The molecule has 274 valence electrons. The predicted octanol–water partition coefficient (Wildman–Crippen LogP) is 6.49. The average Bonchev–Trinajstić information content (AvgIpc) is 3.52. The van der Waals surface area contributed by atoms with Gasteiger partial charge in [0.25, 0.3) is 0 Å². The number of ether oxygens (including phenoxy) is 2. The van der Waals surface area contributed by atoms with E-state index in [0.717, 1.165) is 61.5 Å². The Hall–Kier alpha value is -2.37. The number of alkyl halides is 2. The molecule has 5 aliphatic rings. The molecule has 0 bridgehead atoms. The smallest absolute Gasteiger partial charge is 0.351 e. The van der Waals surface area contributed by atoms with Gasteiger partial charge in [-0.25, -0.2) is 4.79 Å². The van der Waals surface area contributed by atoms with E-state index < -0.39 is 42.6 Å². The van der Waals surface area contributed by atoms with Crippen molar-refractivity contribution < 1.29 is 33.3 Å². The molecule has 11 heteroatoms. The van der Waals surface area contributed by atoms with E-state index in [9.17, 15) is 28.6 Å². The van der Waals surface area contributed by atoms with Crippen molar-refractivity contribution in [2.75, 3.05) is 18.5 Å². The molecule has 9 nitrogen and oxygen atoms in total. The van der Waals surface area contributed by atoms with Gasteiger partial charge >= 0.3 is 17.6 Å². The molecule has 1 aliphatic heterocycles. The molecular formula is C38H57F2N3O6. The quantitative estimate of drug-likeness (QED) is 0.178. The van der Waals surface area contributed by atoms with E-state index in [1.807, 2.05) is 0 Å². The highest BCUT2D eigenvalue weighted by Crippen LogP contribution is 2.67. The molecule has 4 aliphatic carbocycles. The summed E-state index contributed by atoms with van der Waals surface area (Å²) in [7, 11) is 0. The van der Waals surface area contributed by atoms with Gasteiger partial charge in [0.15, 0.2) is 6.10 Å². The van der Waals surface area contributed by atoms with Crippen LogP contribution < -0.4 is 11.0 Å². The molecule has 0 radical (unpaired) electrons. The van der Waals surface area contributed by atoms with Crippen LogP contribution in [0.1, 0.15) is 111 Å². The predicted molar refractivity (Wildman–Crippen MR) is 182 cm³/mol. The van der Waals surface area contributed by atoms with Gasteiger partial charge < -0.3 is 25.0 Å². The number of fused-ring (bicyclic) bond motifs is 5. The minimum absolute atomic E-state index is 0.0272. The zero-order valence-corrected chi connectivity index (χ0v) is 29.9. The van der Waals surface area contributed by atoms with Crippen molar-refractivity contribution in [2.24, 2.45) is 46.3 Å². The maximum Gasteiger partial charge on any atom is 0.351 e. The largest absolute Gasteiger partial charge is 0.461 e. The molecule has 1 saturated heterocycles. The van der Waals surface area contributed by atoms with Crippen LogP contribution in [0.2, 0.25) is 0 Å². The number of carbonyl (C=O) groups is 1. The molecule has 49 heavy (non-hydrogen) atoms. The van der Waals surface area contributed by atoms with Crippen LogP contribution >= 0.6 is 0 Å². The van der Waals surface area contributed by atoms with Gasteiger partial charge in [0, 0.05) is 12.6 Å². The van der Waals surface area contributed by atoms with Crippen LogP contribution in [0.4, 0.5) is 14.6 Å². The Bertz CT molecular complexity index is 1450. The van der Waals surface area contributed by atoms with Gasteiger partial charge in [0.2, 0.25) is 6.23 Å². The van der Waals surface area contributed by atoms with Crippen molar-refractivity contribution in [1.29, 1.82) is 0 Å². The lowest BCUT2D eigenvalue weighted by molar-refractivity contribution is -0.149. The van der Waals surface area contributed by atoms with Gasteiger partial charge in [-0.2, -0.15) is 13.8 Å². The fraction of sp³-hybridized carbons (Fsp3) is 0.816. The fourth-order valence-corrected chi connectivity index (χ4v) is 11.0. The fourth-order valence-electron chi connectivity index (χ4n) is 11.0. The van der Waals surface area contributed by atoms with Crippen molar-refractivity contribution in [3.63, 3.8) is 0 Å². The third-order valence-electron chi connectivity index (χ3n) is 13.6. The minimum atomic E-state index is -3.80. The van der Waals surface area contributed by atoms with E-state index >= 15 is 0 Å². The normalized spacial score (nSPS) is 38.7. The summed E-state index contributed by atoms with van der Waals surface area (Å²) < 4.78 is 40.5. The zero-order valence-electron chi connectivity index (χ0n) is 29.9. The number of allylic oxidation sites excluding steroid dienone is 1. The van der Waals surface area contributed by atoms with Gasteiger partial charge in [-0.05, 0) is 97.3 Å². The molecule has 2 heterocycles. The average molecular weight is 690 g/mol. The van der Waals surface area contributed by atoms with Crippen LogP contribution in [0.15, 0.2) is 28.7 Å². The molecule has 0 amide bonds. The molecule has 8 unspecified atom stereocenters. The first-order valence-corrected chi connectivity index (χ1v) is 18.7. The number of aromatic nitrogens is 2. The second-order valence-corrected chi connectivity index (χ2v) is 16.8. The second kappa shape index (κ2) is 14.0. The third-order valence-corrected chi connectivity index (χ3v) is 13.6. The molecule has 3 saturated carbocycles. The molecule has 4 fully saturated rings. The van der Waals surface area contributed by atoms with E-state index in [1.165, 1.54) is 56.6 Å². The highest BCUT2D eigenvalue weighted by molar-refractivity contribution is 5.74. The van der Waals surface area contributed by atoms with Crippen LogP contribution in [0, 0.1) is 46.3 Å². The highest BCUT2D eigenvalue weighted by Gasteiger charge is 2.60. The summed E-state index contributed by atoms with van der Waals surface area (Å²) in [5.74, 6) is 0.370. The number of hydrogen-bond donors (Lipinski definition) is 3. The summed E-state index contributed by atoms with van der Waals surface area (Å²) >= 11 is 0. The summed E-state index contributed by atoms with van der Waals surface area (Å²) in [4.78, 5) is 29.2. The molecular weight excluding hydrogens is 632 g/mol. The van der Waals surface area contributed by atoms with Crippen LogP contribution in [-0.4, -0.2) is 63.1 Å². The van der Waals surface area contributed by atoms with Crippen molar-refractivity contribution >= 4 is 11.8 Å². The Kier molecular flexibility index (Phi) is 10.4. The monoisotopic (exact) mass is 689 g/mol. The Balaban J connectivity index is 1.02. The van der Waals surface area contributed by atoms with E-state index in [4.69, 9.17) is 9.47 Å². The van der Waals surface area contributed by atoms with Crippen LogP contribution in [-0.2, 0) is 14.3 Å². The molecule has 1 aromatic rings. The Morgan fingerprint density at radius 3 is 2.61 bits per heavy atom. The van der Waals surface area contributed by atoms with Gasteiger partial charge in [0.05, 0.1) is 6.61 Å². The number of aliphatic hydroxyl groups excluding tert-OH is 2. The van der Waals surface area contributed by atoms with Crippen LogP contribution in [0.5, 0.6) is 0 Å². The first-order valence-electron chi connectivity index (χ1n) is 18.7. The first-order chi connectivity index (χ1) is 23.2. The minimum Gasteiger partial charge on any atom is -0.461 e. The number of nitrogens with one attached hydrogen (secondary N) is 1. The number of hydrogen-bond acceptors (Lipinski definition) is 8.